The summed E-state index contributed by atoms with van der Waals surface area (Å²) < 4.78 is 7.11. The molecule has 2 aromatic heterocycles. The molecule has 23 heavy (non-hydrogen) atoms. The first-order valence-electron chi connectivity index (χ1n) is 8.24. The summed E-state index contributed by atoms with van der Waals surface area (Å²) in [7, 11) is 0. The molecule has 8 heteroatoms. The maximum atomic E-state index is 5.99. The highest BCUT2D eigenvalue weighted by molar-refractivity contribution is 6.28. The summed E-state index contributed by atoms with van der Waals surface area (Å²) in [6, 6.07) is 1.12. The molecule has 2 fully saturated rings. The van der Waals surface area contributed by atoms with Crippen molar-refractivity contribution in [3.05, 3.63) is 17.8 Å². The van der Waals surface area contributed by atoms with Crippen molar-refractivity contribution in [3.63, 3.8) is 0 Å². The van der Waals surface area contributed by atoms with Crippen molar-refractivity contribution in [2.45, 2.75) is 37.8 Å². The Labute approximate surface area is 140 Å². The second-order valence-electron chi connectivity index (χ2n) is 6.25. The molecule has 4 rings (SSSR count). The number of aromatic nitrogens is 4. The van der Waals surface area contributed by atoms with Crippen LogP contribution in [-0.4, -0.2) is 62.9 Å². The Kier molecular flexibility index (Phi) is 4.33. The minimum Gasteiger partial charge on any atom is -0.379 e. The topological polar surface area (TPSA) is 67.6 Å². The van der Waals surface area contributed by atoms with Crippen LogP contribution in [0, 0.1) is 0 Å². The molecule has 0 atom stereocenters. The van der Waals surface area contributed by atoms with Gasteiger partial charge in [0.1, 0.15) is 11.8 Å². The van der Waals surface area contributed by atoms with E-state index in [-0.39, 0.29) is 5.28 Å². The van der Waals surface area contributed by atoms with Gasteiger partial charge in [0.15, 0.2) is 5.82 Å². The standard InChI is InChI=1S/C15H21ClN6O/c16-15-19-14(13-9-17-10-22(13)20-15)18-11-1-3-12(4-2-11)21-5-7-23-8-6-21/h9-12H,1-8H2,(H,18,19,20)/t11-,12-. The second-order valence-corrected chi connectivity index (χ2v) is 6.59. The van der Waals surface area contributed by atoms with Gasteiger partial charge in [-0.2, -0.15) is 4.98 Å². The van der Waals surface area contributed by atoms with E-state index in [0.29, 0.717) is 12.1 Å². The number of ether oxygens (including phenoxy) is 1. The molecule has 0 amide bonds. The van der Waals surface area contributed by atoms with Crippen LogP contribution in [0.1, 0.15) is 25.7 Å². The zero-order valence-corrected chi connectivity index (χ0v) is 13.7. The van der Waals surface area contributed by atoms with E-state index in [1.807, 2.05) is 0 Å². The average molecular weight is 337 g/mol. The van der Waals surface area contributed by atoms with Gasteiger partial charge < -0.3 is 10.1 Å². The zero-order chi connectivity index (χ0) is 15.6. The first kappa shape index (κ1) is 15.1. The van der Waals surface area contributed by atoms with E-state index in [2.05, 4.69) is 25.3 Å². The number of morpholine rings is 1. The maximum absolute atomic E-state index is 5.99. The van der Waals surface area contributed by atoms with Gasteiger partial charge in [-0.3, -0.25) is 4.90 Å². The van der Waals surface area contributed by atoms with Crippen molar-refractivity contribution in [2.75, 3.05) is 31.6 Å². The smallest absolute Gasteiger partial charge is 0.243 e. The summed E-state index contributed by atoms with van der Waals surface area (Å²) >= 11 is 5.99. The van der Waals surface area contributed by atoms with Gasteiger partial charge in [0.2, 0.25) is 5.28 Å². The average Bonchev–Trinajstić information content (AvgIpc) is 3.05. The molecule has 124 valence electrons. The molecule has 1 aliphatic carbocycles. The van der Waals surface area contributed by atoms with E-state index in [1.165, 1.54) is 12.8 Å². The van der Waals surface area contributed by atoms with Crippen molar-refractivity contribution in [2.24, 2.45) is 0 Å². The number of halogens is 1. The summed E-state index contributed by atoms with van der Waals surface area (Å²) in [6.45, 7) is 3.88. The quantitative estimate of drug-likeness (QED) is 0.922. The normalized spacial score (nSPS) is 26.5. The predicted octanol–water partition coefficient (Wildman–Crippen LogP) is 1.83. The molecular formula is C15H21ClN6O. The van der Waals surface area contributed by atoms with Gasteiger partial charge in [-0.25, -0.2) is 9.50 Å². The zero-order valence-electron chi connectivity index (χ0n) is 13.0. The van der Waals surface area contributed by atoms with Crippen LogP contribution in [0.4, 0.5) is 5.82 Å². The third-order valence-electron chi connectivity index (χ3n) is 4.86. The largest absolute Gasteiger partial charge is 0.379 e. The minimum absolute atomic E-state index is 0.236. The van der Waals surface area contributed by atoms with Crippen LogP contribution < -0.4 is 5.32 Å². The lowest BCUT2D eigenvalue weighted by Crippen LogP contribution is -2.46. The van der Waals surface area contributed by atoms with Gasteiger partial charge in [-0.05, 0) is 37.3 Å². The summed E-state index contributed by atoms with van der Waals surface area (Å²) in [4.78, 5) is 11.0. The number of hydrogen-bond acceptors (Lipinski definition) is 6. The number of rotatable bonds is 3. The molecule has 7 nitrogen and oxygen atoms in total. The number of fused-ring (bicyclic) bond motifs is 1. The van der Waals surface area contributed by atoms with Gasteiger partial charge in [-0.15, -0.1) is 5.10 Å². The summed E-state index contributed by atoms with van der Waals surface area (Å²) in [5, 5.41) is 7.88. The first-order valence-corrected chi connectivity index (χ1v) is 8.61. The lowest BCUT2D eigenvalue weighted by Gasteiger charge is -2.39. The van der Waals surface area contributed by atoms with Crippen LogP contribution in [0.15, 0.2) is 12.5 Å². The van der Waals surface area contributed by atoms with E-state index in [9.17, 15) is 0 Å². The second kappa shape index (κ2) is 6.59. The highest BCUT2D eigenvalue weighted by Gasteiger charge is 2.27. The molecule has 0 radical (unpaired) electrons. The third-order valence-corrected chi connectivity index (χ3v) is 5.02. The lowest BCUT2D eigenvalue weighted by atomic mass is 9.90. The van der Waals surface area contributed by atoms with Crippen LogP contribution >= 0.6 is 11.6 Å². The molecule has 1 N–H and O–H groups in total. The number of anilines is 1. The van der Waals surface area contributed by atoms with E-state index in [1.54, 1.807) is 17.0 Å². The molecule has 0 bridgehead atoms. The molecule has 1 aliphatic heterocycles. The monoisotopic (exact) mass is 336 g/mol. The van der Waals surface area contributed by atoms with Gasteiger partial charge in [-0.1, -0.05) is 0 Å². The van der Waals surface area contributed by atoms with E-state index in [0.717, 1.165) is 50.5 Å². The fourth-order valence-corrected chi connectivity index (χ4v) is 3.79. The van der Waals surface area contributed by atoms with Gasteiger partial charge in [0.25, 0.3) is 0 Å². The van der Waals surface area contributed by atoms with Crippen LogP contribution in [0.2, 0.25) is 5.28 Å². The molecule has 0 aromatic carbocycles. The molecule has 1 saturated carbocycles. The van der Waals surface area contributed by atoms with Crippen molar-refractivity contribution < 1.29 is 4.74 Å². The van der Waals surface area contributed by atoms with Crippen molar-refractivity contribution in [3.8, 4) is 0 Å². The van der Waals surface area contributed by atoms with E-state index < -0.39 is 0 Å². The Morgan fingerprint density at radius 3 is 2.74 bits per heavy atom. The van der Waals surface area contributed by atoms with Crippen LogP contribution in [0.3, 0.4) is 0 Å². The molecule has 0 unspecified atom stereocenters. The Hall–Kier alpha value is -1.44. The SMILES string of the molecule is Clc1nc(N[C@H]2CC[C@H](N3CCOCC3)CC2)c2cncn2n1. The summed E-state index contributed by atoms with van der Waals surface area (Å²) in [6.07, 6.45) is 8.12. The van der Waals surface area contributed by atoms with Crippen LogP contribution in [0.25, 0.3) is 5.52 Å². The molecule has 2 aromatic rings. The first-order chi connectivity index (χ1) is 11.3. The minimum atomic E-state index is 0.236. The number of nitrogens with one attached hydrogen (secondary N) is 1. The van der Waals surface area contributed by atoms with Gasteiger partial charge in [0, 0.05) is 25.2 Å². The number of hydrogen-bond donors (Lipinski definition) is 1. The fourth-order valence-electron chi connectivity index (χ4n) is 3.63. The number of nitrogens with zero attached hydrogens (tertiary/aromatic N) is 5. The fraction of sp³-hybridized carbons (Fsp3) is 0.667. The van der Waals surface area contributed by atoms with E-state index >= 15 is 0 Å². The Balaban J connectivity index is 1.39. The lowest BCUT2D eigenvalue weighted by molar-refractivity contribution is 0.00791. The highest BCUT2D eigenvalue weighted by atomic mass is 35.5. The summed E-state index contributed by atoms with van der Waals surface area (Å²) in [5.74, 6) is 0.775. The highest BCUT2D eigenvalue weighted by Crippen LogP contribution is 2.27. The van der Waals surface area contributed by atoms with Crippen LogP contribution in [0.5, 0.6) is 0 Å². The van der Waals surface area contributed by atoms with Crippen molar-refractivity contribution >= 4 is 22.9 Å². The molecule has 0 spiro atoms. The number of imidazole rings is 1. The Morgan fingerprint density at radius 2 is 1.96 bits per heavy atom. The third kappa shape index (κ3) is 3.27. The molecule has 2 aliphatic rings. The molecule has 3 heterocycles. The Bertz CT molecular complexity index is 663. The van der Waals surface area contributed by atoms with Gasteiger partial charge in [0.05, 0.1) is 19.4 Å². The van der Waals surface area contributed by atoms with Crippen molar-refractivity contribution in [1.29, 1.82) is 0 Å². The predicted molar refractivity (Wildman–Crippen MR) is 87.9 cm³/mol. The molecule has 1 saturated heterocycles. The van der Waals surface area contributed by atoms with Crippen molar-refractivity contribution in [1.82, 2.24) is 24.5 Å². The Morgan fingerprint density at radius 1 is 1.17 bits per heavy atom. The maximum Gasteiger partial charge on any atom is 0.243 e. The molecular weight excluding hydrogens is 316 g/mol. The van der Waals surface area contributed by atoms with Gasteiger partial charge >= 0.3 is 0 Å². The summed E-state index contributed by atoms with van der Waals surface area (Å²) in [5.41, 5.74) is 0.865. The van der Waals surface area contributed by atoms with Crippen LogP contribution in [-0.2, 0) is 4.74 Å². The van der Waals surface area contributed by atoms with E-state index in [4.69, 9.17) is 16.3 Å².